The molecule has 0 spiro atoms. The van der Waals surface area contributed by atoms with E-state index < -0.39 is 5.97 Å². The number of carboxylic acid groups (broad SMARTS) is 1. The van der Waals surface area contributed by atoms with Crippen molar-refractivity contribution in [3.8, 4) is 11.8 Å². The normalized spacial score (nSPS) is 9.33. The standard InChI is InChI=1S/C11H6N2O2/c14-11(15)4-2-8-1-3-9-10(7-8)13-6-5-12-9/h1,3,5-7H,(H,14,15). The average Bonchev–Trinajstić information content (AvgIpc) is 2.26. The molecule has 0 unspecified atom stereocenters. The Morgan fingerprint density at radius 2 is 1.93 bits per heavy atom. The molecule has 0 saturated carbocycles. The van der Waals surface area contributed by atoms with Crippen molar-refractivity contribution in [3.63, 3.8) is 0 Å². The van der Waals surface area contributed by atoms with Crippen LogP contribution in [0.25, 0.3) is 11.0 Å². The SMILES string of the molecule is O=C(O)C#Cc1ccc2nccnc2c1. The summed E-state index contributed by atoms with van der Waals surface area (Å²) in [4.78, 5) is 18.4. The van der Waals surface area contributed by atoms with Gasteiger partial charge in [0.25, 0.3) is 0 Å². The number of rotatable bonds is 0. The summed E-state index contributed by atoms with van der Waals surface area (Å²) in [5, 5.41) is 8.39. The van der Waals surface area contributed by atoms with Gasteiger partial charge in [0.2, 0.25) is 0 Å². The van der Waals surface area contributed by atoms with E-state index in [0.717, 1.165) is 5.52 Å². The van der Waals surface area contributed by atoms with E-state index in [1.807, 2.05) is 5.92 Å². The molecule has 0 bridgehead atoms. The molecule has 1 N–H and O–H groups in total. The largest absolute Gasteiger partial charge is 0.472 e. The van der Waals surface area contributed by atoms with Crippen LogP contribution in [0.3, 0.4) is 0 Å². The van der Waals surface area contributed by atoms with Gasteiger partial charge in [-0.1, -0.05) is 5.92 Å². The van der Waals surface area contributed by atoms with Crippen LogP contribution in [0.4, 0.5) is 0 Å². The van der Waals surface area contributed by atoms with Crippen LogP contribution in [0.5, 0.6) is 0 Å². The van der Waals surface area contributed by atoms with E-state index in [1.165, 1.54) is 0 Å². The van der Waals surface area contributed by atoms with Crippen molar-refractivity contribution >= 4 is 17.0 Å². The fraction of sp³-hybridized carbons (Fsp3) is 0. The van der Waals surface area contributed by atoms with Gasteiger partial charge in [0.05, 0.1) is 11.0 Å². The zero-order chi connectivity index (χ0) is 10.7. The Bertz CT molecular complexity index is 582. The van der Waals surface area contributed by atoms with Crippen molar-refractivity contribution in [1.82, 2.24) is 9.97 Å². The van der Waals surface area contributed by atoms with Crippen LogP contribution in [0.15, 0.2) is 30.6 Å². The number of carbonyl (C=O) groups is 1. The predicted molar refractivity (Wildman–Crippen MR) is 54.1 cm³/mol. The Kier molecular flexibility index (Phi) is 2.30. The van der Waals surface area contributed by atoms with Gasteiger partial charge in [0.1, 0.15) is 0 Å². The molecule has 4 nitrogen and oxygen atoms in total. The molecular formula is C11H6N2O2. The summed E-state index contributed by atoms with van der Waals surface area (Å²) >= 11 is 0. The van der Waals surface area contributed by atoms with Gasteiger partial charge in [0.15, 0.2) is 0 Å². The molecule has 0 saturated heterocycles. The zero-order valence-corrected chi connectivity index (χ0v) is 7.64. The fourth-order valence-corrected chi connectivity index (χ4v) is 1.17. The summed E-state index contributed by atoms with van der Waals surface area (Å²) in [7, 11) is 0. The number of nitrogens with zero attached hydrogens (tertiary/aromatic N) is 2. The summed E-state index contributed by atoms with van der Waals surface area (Å²) in [6.45, 7) is 0. The van der Waals surface area contributed by atoms with E-state index in [0.29, 0.717) is 11.1 Å². The number of hydrogen-bond acceptors (Lipinski definition) is 3. The molecular weight excluding hydrogens is 192 g/mol. The van der Waals surface area contributed by atoms with E-state index in [9.17, 15) is 4.79 Å². The van der Waals surface area contributed by atoms with Gasteiger partial charge >= 0.3 is 5.97 Å². The van der Waals surface area contributed by atoms with E-state index >= 15 is 0 Å². The zero-order valence-electron chi connectivity index (χ0n) is 7.64. The van der Waals surface area contributed by atoms with E-state index in [-0.39, 0.29) is 0 Å². The Hall–Kier alpha value is -2.41. The first-order chi connectivity index (χ1) is 7.25. The van der Waals surface area contributed by atoms with Crippen molar-refractivity contribution in [2.45, 2.75) is 0 Å². The molecule has 0 aliphatic rings. The summed E-state index contributed by atoms with van der Waals surface area (Å²) in [6.07, 6.45) is 3.18. The Labute approximate surface area is 85.6 Å². The third-order valence-corrected chi connectivity index (χ3v) is 1.78. The quantitative estimate of drug-likeness (QED) is 0.643. The number of fused-ring (bicyclic) bond motifs is 1. The third-order valence-electron chi connectivity index (χ3n) is 1.78. The summed E-state index contributed by atoms with van der Waals surface area (Å²) in [5.41, 5.74) is 2.08. The van der Waals surface area contributed by atoms with E-state index in [2.05, 4.69) is 15.9 Å². The summed E-state index contributed by atoms with van der Waals surface area (Å²) in [5.74, 6) is 3.42. The number of hydrogen-bond donors (Lipinski definition) is 1. The fourth-order valence-electron chi connectivity index (χ4n) is 1.17. The van der Waals surface area contributed by atoms with Crippen molar-refractivity contribution in [1.29, 1.82) is 0 Å². The molecule has 15 heavy (non-hydrogen) atoms. The second-order valence-electron chi connectivity index (χ2n) is 2.81. The molecule has 0 aliphatic carbocycles. The lowest BCUT2D eigenvalue weighted by Gasteiger charge is -1.94. The van der Waals surface area contributed by atoms with Gasteiger partial charge < -0.3 is 5.11 Å². The number of aromatic nitrogens is 2. The highest BCUT2D eigenvalue weighted by atomic mass is 16.4. The predicted octanol–water partition coefficient (Wildman–Crippen LogP) is 1.07. The van der Waals surface area contributed by atoms with Gasteiger partial charge in [0, 0.05) is 23.9 Å². The molecule has 4 heteroatoms. The van der Waals surface area contributed by atoms with Crippen LogP contribution in [0.2, 0.25) is 0 Å². The highest BCUT2D eigenvalue weighted by Gasteiger charge is 1.95. The van der Waals surface area contributed by atoms with Crippen LogP contribution in [-0.2, 0) is 4.79 Å². The van der Waals surface area contributed by atoms with Crippen molar-refractivity contribution < 1.29 is 9.90 Å². The van der Waals surface area contributed by atoms with Crippen molar-refractivity contribution in [2.24, 2.45) is 0 Å². The van der Waals surface area contributed by atoms with Crippen LogP contribution in [-0.4, -0.2) is 21.0 Å². The molecule has 0 fully saturated rings. The molecule has 0 aliphatic heterocycles. The lowest BCUT2D eigenvalue weighted by molar-refractivity contribution is -0.130. The van der Waals surface area contributed by atoms with Gasteiger partial charge in [-0.15, -0.1) is 0 Å². The molecule has 1 aromatic heterocycles. The first-order valence-electron chi connectivity index (χ1n) is 4.21. The van der Waals surface area contributed by atoms with Crippen LogP contribution in [0, 0.1) is 11.8 Å². The molecule has 0 amide bonds. The highest BCUT2D eigenvalue weighted by Crippen LogP contribution is 2.09. The third kappa shape index (κ3) is 2.09. The first kappa shape index (κ1) is 9.16. The lowest BCUT2D eigenvalue weighted by Crippen LogP contribution is -1.88. The number of carboxylic acids is 1. The average molecular weight is 198 g/mol. The van der Waals surface area contributed by atoms with Crippen molar-refractivity contribution in [2.75, 3.05) is 0 Å². The van der Waals surface area contributed by atoms with Gasteiger partial charge in [-0.3, -0.25) is 9.97 Å². The highest BCUT2D eigenvalue weighted by molar-refractivity contribution is 5.87. The molecule has 0 atom stereocenters. The number of aliphatic carboxylic acids is 1. The minimum absolute atomic E-state index is 0.616. The van der Waals surface area contributed by atoms with Crippen LogP contribution in [0.1, 0.15) is 5.56 Å². The summed E-state index contributed by atoms with van der Waals surface area (Å²) < 4.78 is 0. The smallest absolute Gasteiger partial charge is 0.382 e. The molecule has 72 valence electrons. The minimum Gasteiger partial charge on any atom is -0.472 e. The van der Waals surface area contributed by atoms with Gasteiger partial charge in [-0.05, 0) is 18.2 Å². The van der Waals surface area contributed by atoms with E-state index in [1.54, 1.807) is 30.6 Å². The van der Waals surface area contributed by atoms with Gasteiger partial charge in [-0.25, -0.2) is 4.79 Å². The molecule has 1 aromatic carbocycles. The van der Waals surface area contributed by atoms with Crippen molar-refractivity contribution in [3.05, 3.63) is 36.2 Å². The molecule has 2 rings (SSSR count). The Morgan fingerprint density at radius 3 is 2.67 bits per heavy atom. The molecule has 0 radical (unpaired) electrons. The number of benzene rings is 1. The summed E-state index contributed by atoms with van der Waals surface area (Å²) in [6, 6.07) is 5.18. The van der Waals surface area contributed by atoms with E-state index in [4.69, 9.17) is 5.11 Å². The maximum Gasteiger partial charge on any atom is 0.382 e. The Morgan fingerprint density at radius 1 is 1.20 bits per heavy atom. The lowest BCUT2D eigenvalue weighted by atomic mass is 10.2. The minimum atomic E-state index is -1.14. The Balaban J connectivity index is 2.49. The molecule has 1 heterocycles. The maximum absolute atomic E-state index is 10.2. The second kappa shape index (κ2) is 3.76. The topological polar surface area (TPSA) is 63.1 Å². The van der Waals surface area contributed by atoms with Crippen LogP contribution >= 0.6 is 0 Å². The van der Waals surface area contributed by atoms with Gasteiger partial charge in [-0.2, -0.15) is 0 Å². The second-order valence-corrected chi connectivity index (χ2v) is 2.81. The monoisotopic (exact) mass is 198 g/mol. The molecule has 2 aromatic rings. The first-order valence-corrected chi connectivity index (χ1v) is 4.21. The maximum atomic E-state index is 10.2. The van der Waals surface area contributed by atoms with Crippen LogP contribution < -0.4 is 0 Å².